The summed E-state index contributed by atoms with van der Waals surface area (Å²) in [5.74, 6) is -1.33. The predicted octanol–water partition coefficient (Wildman–Crippen LogP) is 1.79. The maximum absolute atomic E-state index is 12.8. The number of Topliss-reactive ketones (excluding diaryl/α,β-unsaturated/α-hetero) is 1. The molecule has 1 aromatic rings. The number of hydrogen-bond donors (Lipinski definition) is 1. The maximum atomic E-state index is 12.8. The molecule has 5 nitrogen and oxygen atoms in total. The van der Waals surface area contributed by atoms with Gasteiger partial charge < -0.3 is 10.1 Å². The topological polar surface area (TPSA) is 72.5 Å². The molecule has 1 N–H and O–H groups in total. The summed E-state index contributed by atoms with van der Waals surface area (Å²) in [5.41, 5.74) is 0.632. The molecule has 0 aliphatic heterocycles. The van der Waals surface area contributed by atoms with Crippen LogP contribution < -0.4 is 5.32 Å². The Morgan fingerprint density at radius 2 is 1.86 bits per heavy atom. The molecule has 0 bridgehead atoms. The number of nitrogens with one attached hydrogen (secondary N) is 1. The molecule has 0 aliphatic carbocycles. The third-order valence-corrected chi connectivity index (χ3v) is 3.21. The van der Waals surface area contributed by atoms with E-state index in [1.807, 2.05) is 0 Å². The van der Waals surface area contributed by atoms with Gasteiger partial charge in [-0.25, -0.2) is 9.18 Å². The molecule has 0 spiro atoms. The van der Waals surface area contributed by atoms with Gasteiger partial charge in [-0.1, -0.05) is 19.1 Å². The van der Waals surface area contributed by atoms with Crippen LogP contribution in [-0.4, -0.2) is 30.8 Å². The Bertz CT molecular complexity index is 527. The van der Waals surface area contributed by atoms with E-state index in [-0.39, 0.29) is 36.8 Å². The first-order valence-electron chi connectivity index (χ1n) is 7.09. The second-order valence-corrected chi connectivity index (χ2v) is 4.88. The number of carbonyl (C=O) groups excluding carboxylic acids is 3. The first-order chi connectivity index (χ1) is 10.5. The van der Waals surface area contributed by atoms with Crippen LogP contribution >= 0.6 is 0 Å². The van der Waals surface area contributed by atoms with Crippen LogP contribution in [0.2, 0.25) is 0 Å². The summed E-state index contributed by atoms with van der Waals surface area (Å²) in [7, 11) is 1.23. The van der Waals surface area contributed by atoms with Gasteiger partial charge in [-0.15, -0.1) is 0 Å². The highest BCUT2D eigenvalue weighted by Crippen LogP contribution is 2.06. The fourth-order valence-electron chi connectivity index (χ4n) is 1.91. The molecule has 0 saturated carbocycles. The lowest BCUT2D eigenvalue weighted by Crippen LogP contribution is -2.42. The lowest BCUT2D eigenvalue weighted by atomic mass is 10.1. The van der Waals surface area contributed by atoms with E-state index in [4.69, 9.17) is 0 Å². The number of ketones is 1. The van der Waals surface area contributed by atoms with Crippen LogP contribution in [0.25, 0.3) is 0 Å². The van der Waals surface area contributed by atoms with E-state index in [1.54, 1.807) is 6.92 Å². The first-order valence-corrected chi connectivity index (χ1v) is 7.09. The fraction of sp³-hybridized carbons (Fsp3) is 0.438. The van der Waals surface area contributed by atoms with Crippen molar-refractivity contribution >= 4 is 17.7 Å². The van der Waals surface area contributed by atoms with Crippen molar-refractivity contribution < 1.29 is 23.5 Å². The molecular weight excluding hydrogens is 289 g/mol. The maximum Gasteiger partial charge on any atom is 0.328 e. The van der Waals surface area contributed by atoms with Crippen LogP contribution in [0.3, 0.4) is 0 Å². The van der Waals surface area contributed by atoms with Crippen molar-refractivity contribution in [2.75, 3.05) is 7.11 Å². The summed E-state index contributed by atoms with van der Waals surface area (Å²) in [5, 5.41) is 2.55. The number of amides is 1. The minimum absolute atomic E-state index is 0.0155. The van der Waals surface area contributed by atoms with E-state index in [0.717, 1.165) is 0 Å². The number of methoxy groups -OCH3 is 1. The summed E-state index contributed by atoms with van der Waals surface area (Å²) in [6.45, 7) is 1.74. The molecule has 0 aliphatic rings. The second kappa shape index (κ2) is 8.92. The number of ether oxygens (including phenoxy) is 1. The van der Waals surface area contributed by atoms with Crippen LogP contribution in [0, 0.1) is 5.82 Å². The Hall–Kier alpha value is -2.24. The molecule has 1 aromatic carbocycles. The second-order valence-electron chi connectivity index (χ2n) is 4.88. The van der Waals surface area contributed by atoms with Crippen molar-refractivity contribution in [1.82, 2.24) is 5.32 Å². The average Bonchev–Trinajstić information content (AvgIpc) is 2.52. The van der Waals surface area contributed by atoms with Gasteiger partial charge in [0.15, 0.2) is 0 Å². The zero-order valence-electron chi connectivity index (χ0n) is 12.7. The summed E-state index contributed by atoms with van der Waals surface area (Å²) in [6.07, 6.45) is 0.814. The Labute approximate surface area is 128 Å². The molecule has 6 heteroatoms. The summed E-state index contributed by atoms with van der Waals surface area (Å²) in [6, 6.07) is 4.68. The van der Waals surface area contributed by atoms with Gasteiger partial charge >= 0.3 is 5.97 Å². The van der Waals surface area contributed by atoms with Gasteiger partial charge in [0.05, 0.1) is 13.5 Å². The Morgan fingerprint density at radius 3 is 2.41 bits per heavy atom. The Balaban J connectivity index is 2.59. The van der Waals surface area contributed by atoms with E-state index >= 15 is 0 Å². The monoisotopic (exact) mass is 309 g/mol. The highest BCUT2D eigenvalue weighted by Gasteiger charge is 2.22. The summed E-state index contributed by atoms with van der Waals surface area (Å²) in [4.78, 5) is 34.9. The first kappa shape index (κ1) is 17.8. The van der Waals surface area contributed by atoms with Gasteiger partial charge in [-0.05, 0) is 24.1 Å². The zero-order chi connectivity index (χ0) is 16.5. The van der Waals surface area contributed by atoms with Crippen molar-refractivity contribution in [2.45, 2.75) is 38.6 Å². The van der Waals surface area contributed by atoms with E-state index < -0.39 is 12.0 Å². The largest absolute Gasteiger partial charge is 0.467 e. The lowest BCUT2D eigenvalue weighted by Gasteiger charge is -2.16. The molecule has 0 heterocycles. The SMILES string of the molecule is CCC(=O)CC[C@H](NC(=O)Cc1ccc(F)cc1)C(=O)OC. The van der Waals surface area contributed by atoms with Crippen molar-refractivity contribution in [1.29, 1.82) is 0 Å². The molecule has 0 aromatic heterocycles. The highest BCUT2D eigenvalue weighted by atomic mass is 19.1. The van der Waals surface area contributed by atoms with Crippen LogP contribution in [0.5, 0.6) is 0 Å². The minimum Gasteiger partial charge on any atom is -0.467 e. The van der Waals surface area contributed by atoms with E-state index in [1.165, 1.54) is 31.4 Å². The fourth-order valence-corrected chi connectivity index (χ4v) is 1.91. The average molecular weight is 309 g/mol. The zero-order valence-corrected chi connectivity index (χ0v) is 12.7. The number of hydrogen-bond acceptors (Lipinski definition) is 4. The molecule has 1 rings (SSSR count). The normalized spacial score (nSPS) is 11.6. The van der Waals surface area contributed by atoms with Crippen LogP contribution in [0.15, 0.2) is 24.3 Å². The van der Waals surface area contributed by atoms with Crippen molar-refractivity contribution in [3.05, 3.63) is 35.6 Å². The predicted molar refractivity (Wildman–Crippen MR) is 78.6 cm³/mol. The molecule has 0 unspecified atom stereocenters. The third kappa shape index (κ3) is 6.03. The molecule has 0 fully saturated rings. The molecule has 0 saturated heterocycles. The van der Waals surface area contributed by atoms with E-state index in [2.05, 4.69) is 10.1 Å². The third-order valence-electron chi connectivity index (χ3n) is 3.21. The smallest absolute Gasteiger partial charge is 0.328 e. The van der Waals surface area contributed by atoms with Crippen LogP contribution in [0.1, 0.15) is 31.7 Å². The molecule has 120 valence electrons. The Morgan fingerprint density at radius 1 is 1.23 bits per heavy atom. The molecule has 22 heavy (non-hydrogen) atoms. The number of halogens is 1. The van der Waals surface area contributed by atoms with Crippen molar-refractivity contribution in [2.24, 2.45) is 0 Å². The lowest BCUT2D eigenvalue weighted by molar-refractivity contribution is -0.145. The number of rotatable bonds is 8. The number of esters is 1. The van der Waals surface area contributed by atoms with Gasteiger partial charge in [0.2, 0.25) is 5.91 Å². The molecule has 1 amide bonds. The Kier molecular flexibility index (Phi) is 7.22. The van der Waals surface area contributed by atoms with Gasteiger partial charge in [0, 0.05) is 12.8 Å². The van der Waals surface area contributed by atoms with E-state index in [9.17, 15) is 18.8 Å². The molecular formula is C16H20FNO4. The van der Waals surface area contributed by atoms with Crippen molar-refractivity contribution in [3.8, 4) is 0 Å². The summed E-state index contributed by atoms with van der Waals surface area (Å²) < 4.78 is 17.4. The standard InChI is InChI=1S/C16H20FNO4/c1-3-13(19)8-9-14(16(21)22-2)18-15(20)10-11-4-6-12(17)7-5-11/h4-7,14H,3,8-10H2,1-2H3,(H,18,20)/t14-/m0/s1. The minimum atomic E-state index is -0.853. The molecule has 0 radical (unpaired) electrons. The summed E-state index contributed by atoms with van der Waals surface area (Å²) >= 11 is 0. The van der Waals surface area contributed by atoms with Crippen LogP contribution in [-0.2, 0) is 25.5 Å². The molecule has 1 atom stereocenters. The quantitative estimate of drug-likeness (QED) is 0.743. The van der Waals surface area contributed by atoms with E-state index in [0.29, 0.717) is 12.0 Å². The van der Waals surface area contributed by atoms with Crippen LogP contribution in [0.4, 0.5) is 4.39 Å². The van der Waals surface area contributed by atoms with Gasteiger partial charge in [0.25, 0.3) is 0 Å². The van der Waals surface area contributed by atoms with Gasteiger partial charge in [-0.3, -0.25) is 9.59 Å². The van der Waals surface area contributed by atoms with Crippen molar-refractivity contribution in [3.63, 3.8) is 0 Å². The van der Waals surface area contributed by atoms with Gasteiger partial charge in [0.1, 0.15) is 17.6 Å². The number of carbonyl (C=O) groups is 3. The van der Waals surface area contributed by atoms with Gasteiger partial charge in [-0.2, -0.15) is 0 Å². The number of benzene rings is 1. The highest BCUT2D eigenvalue weighted by molar-refractivity contribution is 5.86.